The fourth-order valence-electron chi connectivity index (χ4n) is 12.6. The summed E-state index contributed by atoms with van der Waals surface area (Å²) in [4.78, 5) is 53.3. The highest BCUT2D eigenvalue weighted by molar-refractivity contribution is 5.81. The van der Waals surface area contributed by atoms with Gasteiger partial charge in [0.25, 0.3) is 5.56 Å². The lowest BCUT2D eigenvalue weighted by molar-refractivity contribution is -0.125. The number of nitrogens with one attached hydrogen (secondary N) is 3. The standard InChI is InChI=1S/C54H82N8O4/c1-38-29-40-32-41(30-38)35-54(3,34-40)36-49(63)55-23-13-11-9-7-5-6-8-10-12-14-24-60-25-27-61(28-26-60)45-21-22-47(48(33-45)66-4)58-53-56-37-46-39(2)31-50(64)62(51(46)59-53)44-19-17-43(18-20-44)57-52(65)42-15-16-42/h21-22,31,33,37-38,40-44H,5-20,23-30,32,34-36H2,1-4H3,(H,55,63)(H,57,65)(H,56,58,59)/t38?,40?,41?,43-,44+,54?. The Bertz CT molecular complexity index is 2120. The van der Waals surface area contributed by atoms with Crippen molar-refractivity contribution in [1.82, 2.24) is 30.1 Å². The first-order valence-corrected chi connectivity index (χ1v) is 26.4. The SMILES string of the molecule is COc1cc(N2CCN(CCCCCCCCCCCCNC(=O)CC3(C)CC4CC(C)CC(C4)C3)CC2)ccc1Nc1ncc2c(C)cc(=O)n([C@H]3CC[C@@H](NC(=O)C4CC4)CC3)c2n1. The Labute approximate surface area is 395 Å². The molecule has 2 amide bonds. The Kier molecular flexibility index (Phi) is 16.6. The van der Waals surface area contributed by atoms with Crippen molar-refractivity contribution in [2.75, 3.05) is 56.6 Å². The van der Waals surface area contributed by atoms with Gasteiger partial charge in [0.2, 0.25) is 17.8 Å². The number of hydrogen-bond acceptors (Lipinski definition) is 9. The average Bonchev–Trinajstić information content (AvgIpc) is 4.15. The maximum Gasteiger partial charge on any atom is 0.252 e. The third kappa shape index (κ3) is 13.1. The lowest BCUT2D eigenvalue weighted by Crippen LogP contribution is -2.46. The number of carbonyl (C=O) groups excluding carboxylic acids is 2. The molecule has 1 aromatic carbocycles. The lowest BCUT2D eigenvalue weighted by Gasteiger charge is -2.47. The number of aromatic nitrogens is 3. The molecule has 2 aromatic heterocycles. The minimum Gasteiger partial charge on any atom is -0.494 e. The summed E-state index contributed by atoms with van der Waals surface area (Å²) in [5.41, 5.74) is 3.60. The Balaban J connectivity index is 0.690. The van der Waals surface area contributed by atoms with Crippen LogP contribution in [0.15, 0.2) is 35.3 Å². The number of rotatable bonds is 22. The number of ether oxygens (including phenoxy) is 1. The molecule has 3 heterocycles. The van der Waals surface area contributed by atoms with E-state index in [1.165, 1.54) is 96.4 Å². The molecule has 5 fully saturated rings. The molecular weight excluding hydrogens is 825 g/mol. The summed E-state index contributed by atoms with van der Waals surface area (Å²) in [6.45, 7) is 12.9. The maximum atomic E-state index is 13.5. The molecule has 4 saturated carbocycles. The summed E-state index contributed by atoms with van der Waals surface area (Å²) in [6, 6.07) is 8.17. The van der Waals surface area contributed by atoms with Gasteiger partial charge in [-0.1, -0.05) is 65.2 Å². The van der Waals surface area contributed by atoms with Crippen molar-refractivity contribution in [2.24, 2.45) is 29.1 Å². The molecule has 5 aliphatic rings. The monoisotopic (exact) mass is 907 g/mol. The minimum absolute atomic E-state index is 0.0191. The van der Waals surface area contributed by atoms with Gasteiger partial charge in [0.15, 0.2) is 0 Å². The third-order valence-corrected chi connectivity index (χ3v) is 16.0. The summed E-state index contributed by atoms with van der Waals surface area (Å²) in [7, 11) is 1.69. The van der Waals surface area contributed by atoms with Gasteiger partial charge in [0.1, 0.15) is 11.4 Å². The number of aryl methyl sites for hydroxylation is 1. The van der Waals surface area contributed by atoms with Crippen molar-refractivity contribution >= 4 is 40.2 Å². The molecule has 1 aliphatic heterocycles. The summed E-state index contributed by atoms with van der Waals surface area (Å²) in [6.07, 6.45) is 27.4. The molecule has 3 N–H and O–H groups in total. The summed E-state index contributed by atoms with van der Waals surface area (Å²) in [5.74, 6) is 4.40. The first-order valence-electron chi connectivity index (χ1n) is 26.4. The number of carbonyl (C=O) groups is 2. The lowest BCUT2D eigenvalue weighted by atomic mass is 9.58. The number of unbranched alkanes of at least 4 members (excludes halogenated alkanes) is 9. The smallest absolute Gasteiger partial charge is 0.252 e. The number of hydrogen-bond donors (Lipinski definition) is 3. The van der Waals surface area contributed by atoms with E-state index in [1.54, 1.807) is 13.2 Å². The molecule has 66 heavy (non-hydrogen) atoms. The number of nitrogens with zero attached hydrogens (tertiary/aromatic N) is 5. The van der Waals surface area contributed by atoms with Gasteiger partial charge in [-0.25, -0.2) is 4.98 Å². The number of methoxy groups -OCH3 is 1. The van der Waals surface area contributed by atoms with Crippen LogP contribution < -0.4 is 31.1 Å². The van der Waals surface area contributed by atoms with Crippen LogP contribution in [0.3, 0.4) is 0 Å². The molecule has 4 aliphatic carbocycles. The molecule has 2 bridgehead atoms. The Morgan fingerprint density at radius 1 is 0.833 bits per heavy atom. The van der Waals surface area contributed by atoms with Gasteiger partial charge in [-0.05, 0) is 138 Å². The summed E-state index contributed by atoms with van der Waals surface area (Å²) >= 11 is 0. The highest BCUT2D eigenvalue weighted by atomic mass is 16.5. The molecule has 12 heteroatoms. The molecule has 0 spiro atoms. The average molecular weight is 907 g/mol. The van der Waals surface area contributed by atoms with Crippen LogP contribution in [0.1, 0.15) is 167 Å². The van der Waals surface area contributed by atoms with Crippen LogP contribution in [0.4, 0.5) is 17.3 Å². The highest BCUT2D eigenvalue weighted by Crippen LogP contribution is 2.51. The van der Waals surface area contributed by atoms with Crippen molar-refractivity contribution in [2.45, 2.75) is 174 Å². The summed E-state index contributed by atoms with van der Waals surface area (Å²) in [5, 5.41) is 10.8. The number of piperazine rings is 1. The van der Waals surface area contributed by atoms with Crippen LogP contribution >= 0.6 is 0 Å². The van der Waals surface area contributed by atoms with Crippen LogP contribution in [0.25, 0.3) is 11.0 Å². The van der Waals surface area contributed by atoms with Gasteiger partial charge in [-0.2, -0.15) is 4.98 Å². The van der Waals surface area contributed by atoms with Crippen molar-refractivity contribution in [3.63, 3.8) is 0 Å². The van der Waals surface area contributed by atoms with Gasteiger partial charge in [0.05, 0.1) is 12.8 Å². The zero-order chi connectivity index (χ0) is 46.0. The van der Waals surface area contributed by atoms with E-state index in [0.29, 0.717) is 11.6 Å². The molecule has 2 atom stereocenters. The Hall–Kier alpha value is -4.19. The van der Waals surface area contributed by atoms with E-state index in [2.05, 4.69) is 56.7 Å². The number of anilines is 3. The van der Waals surface area contributed by atoms with E-state index >= 15 is 0 Å². The molecule has 3 aromatic rings. The number of amides is 2. The molecule has 2 unspecified atom stereocenters. The first-order chi connectivity index (χ1) is 32.0. The van der Waals surface area contributed by atoms with E-state index in [0.717, 1.165) is 130 Å². The second-order valence-electron chi connectivity index (χ2n) is 21.9. The van der Waals surface area contributed by atoms with E-state index < -0.39 is 0 Å². The molecule has 362 valence electrons. The van der Waals surface area contributed by atoms with Gasteiger partial charge in [-0.3, -0.25) is 23.9 Å². The largest absolute Gasteiger partial charge is 0.494 e. The van der Waals surface area contributed by atoms with Gasteiger partial charge in [0, 0.05) is 86.5 Å². The number of benzene rings is 1. The Morgan fingerprint density at radius 3 is 2.17 bits per heavy atom. The van der Waals surface area contributed by atoms with Crippen LogP contribution in [0.5, 0.6) is 5.75 Å². The van der Waals surface area contributed by atoms with Crippen molar-refractivity contribution in [3.05, 3.63) is 46.4 Å². The minimum atomic E-state index is -0.0460. The predicted molar refractivity (Wildman–Crippen MR) is 267 cm³/mol. The van der Waals surface area contributed by atoms with Gasteiger partial charge >= 0.3 is 0 Å². The van der Waals surface area contributed by atoms with Crippen molar-refractivity contribution in [1.29, 1.82) is 0 Å². The molecule has 1 saturated heterocycles. The maximum absolute atomic E-state index is 13.5. The zero-order valence-electron chi connectivity index (χ0n) is 41.0. The van der Waals surface area contributed by atoms with E-state index in [4.69, 9.17) is 9.72 Å². The normalized spacial score (nSPS) is 25.7. The highest BCUT2D eigenvalue weighted by Gasteiger charge is 2.42. The predicted octanol–water partition coefficient (Wildman–Crippen LogP) is 10.2. The van der Waals surface area contributed by atoms with E-state index in [9.17, 15) is 14.4 Å². The molecule has 8 rings (SSSR count). The van der Waals surface area contributed by atoms with Crippen LogP contribution in [0.2, 0.25) is 0 Å². The molecule has 12 nitrogen and oxygen atoms in total. The van der Waals surface area contributed by atoms with E-state index in [1.807, 2.05) is 23.8 Å². The topological polar surface area (TPSA) is 134 Å². The van der Waals surface area contributed by atoms with Gasteiger partial charge in [-0.15, -0.1) is 0 Å². The first kappa shape index (κ1) is 48.3. The van der Waals surface area contributed by atoms with Gasteiger partial charge < -0.3 is 25.6 Å². The van der Waals surface area contributed by atoms with Crippen molar-refractivity contribution < 1.29 is 14.3 Å². The molecular formula is C54H82N8O4. The van der Waals surface area contributed by atoms with Crippen LogP contribution in [0, 0.1) is 36.0 Å². The van der Waals surface area contributed by atoms with Crippen LogP contribution in [-0.4, -0.2) is 83.7 Å². The third-order valence-electron chi connectivity index (χ3n) is 16.0. The fraction of sp³-hybridized carbons (Fsp3) is 0.722. The Morgan fingerprint density at radius 2 is 1.50 bits per heavy atom. The van der Waals surface area contributed by atoms with Crippen LogP contribution in [-0.2, 0) is 9.59 Å². The molecule has 0 radical (unpaired) electrons. The zero-order valence-corrected chi connectivity index (χ0v) is 41.0. The second-order valence-corrected chi connectivity index (χ2v) is 21.9. The second kappa shape index (κ2) is 22.7. The van der Waals surface area contributed by atoms with Crippen molar-refractivity contribution in [3.8, 4) is 5.75 Å². The quantitative estimate of drug-likeness (QED) is 0.0843. The fourth-order valence-corrected chi connectivity index (χ4v) is 12.6. The summed E-state index contributed by atoms with van der Waals surface area (Å²) < 4.78 is 7.74. The number of fused-ring (bicyclic) bond motifs is 3. The van der Waals surface area contributed by atoms with E-state index in [-0.39, 0.29) is 40.8 Å². The number of pyridine rings is 1.